The van der Waals surface area contributed by atoms with Crippen molar-refractivity contribution in [1.29, 1.82) is 0 Å². The number of rotatable bonds is 4. The van der Waals surface area contributed by atoms with Crippen LogP contribution in [0.4, 0.5) is 4.39 Å². The van der Waals surface area contributed by atoms with Gasteiger partial charge in [-0.3, -0.25) is 4.79 Å². The number of amides is 1. The van der Waals surface area contributed by atoms with Gasteiger partial charge in [0.05, 0.1) is 11.1 Å². The molecule has 0 aliphatic heterocycles. The number of hydrogen-bond acceptors (Lipinski definition) is 2. The fourth-order valence-electron chi connectivity index (χ4n) is 2.15. The zero-order valence-electron chi connectivity index (χ0n) is 11.6. The first-order valence-corrected chi connectivity index (χ1v) is 7.00. The SMILES string of the molecule is CC(C)N(C(=O)c1ccc(Br)c(F)c1CO)C(C)C. The summed E-state index contributed by atoms with van der Waals surface area (Å²) in [6.07, 6.45) is 0. The lowest BCUT2D eigenvalue weighted by Crippen LogP contribution is -2.42. The number of halogens is 2. The molecule has 0 unspecified atom stereocenters. The van der Waals surface area contributed by atoms with E-state index in [1.165, 1.54) is 6.07 Å². The predicted molar refractivity (Wildman–Crippen MR) is 76.5 cm³/mol. The minimum atomic E-state index is -0.583. The van der Waals surface area contributed by atoms with Gasteiger partial charge in [0.2, 0.25) is 0 Å². The molecule has 0 heterocycles. The van der Waals surface area contributed by atoms with Crippen LogP contribution in [0, 0.1) is 5.82 Å². The molecule has 0 aliphatic rings. The van der Waals surface area contributed by atoms with Crippen molar-refractivity contribution >= 4 is 21.8 Å². The molecule has 5 heteroatoms. The van der Waals surface area contributed by atoms with Gasteiger partial charge in [-0.15, -0.1) is 0 Å². The molecule has 106 valence electrons. The largest absolute Gasteiger partial charge is 0.392 e. The standard InChI is InChI=1S/C14H19BrFNO2/c1-8(2)17(9(3)4)14(19)10-5-6-12(15)13(16)11(10)7-18/h5-6,8-9,18H,7H2,1-4H3. The molecule has 1 aromatic carbocycles. The second-order valence-corrected chi connectivity index (χ2v) is 5.80. The van der Waals surface area contributed by atoms with Gasteiger partial charge >= 0.3 is 0 Å². The van der Waals surface area contributed by atoms with E-state index >= 15 is 0 Å². The van der Waals surface area contributed by atoms with Gasteiger partial charge in [0.25, 0.3) is 5.91 Å². The lowest BCUT2D eigenvalue weighted by Gasteiger charge is -2.31. The number of carbonyl (C=O) groups excluding carboxylic acids is 1. The number of nitrogens with zero attached hydrogens (tertiary/aromatic N) is 1. The highest BCUT2D eigenvalue weighted by Gasteiger charge is 2.25. The van der Waals surface area contributed by atoms with Gasteiger partial charge < -0.3 is 10.0 Å². The minimum absolute atomic E-state index is 0.00532. The topological polar surface area (TPSA) is 40.5 Å². The Morgan fingerprint density at radius 2 is 1.84 bits per heavy atom. The van der Waals surface area contributed by atoms with Crippen molar-refractivity contribution in [2.75, 3.05) is 0 Å². The van der Waals surface area contributed by atoms with Crippen LogP contribution in [-0.4, -0.2) is 28.0 Å². The molecule has 0 bridgehead atoms. The van der Waals surface area contributed by atoms with Gasteiger partial charge in [0, 0.05) is 23.2 Å². The molecule has 0 radical (unpaired) electrons. The third-order valence-electron chi connectivity index (χ3n) is 2.93. The summed E-state index contributed by atoms with van der Waals surface area (Å²) >= 11 is 3.05. The highest BCUT2D eigenvalue weighted by atomic mass is 79.9. The Labute approximate surface area is 121 Å². The summed E-state index contributed by atoms with van der Waals surface area (Å²) in [4.78, 5) is 14.2. The summed E-state index contributed by atoms with van der Waals surface area (Å²) in [5, 5.41) is 9.30. The van der Waals surface area contributed by atoms with E-state index in [9.17, 15) is 14.3 Å². The number of aliphatic hydroxyl groups is 1. The van der Waals surface area contributed by atoms with Crippen LogP contribution in [-0.2, 0) is 6.61 Å². The summed E-state index contributed by atoms with van der Waals surface area (Å²) in [5.41, 5.74) is 0.247. The van der Waals surface area contributed by atoms with Crippen molar-refractivity contribution < 1.29 is 14.3 Å². The fraction of sp³-hybridized carbons (Fsp3) is 0.500. The Balaban J connectivity index is 3.29. The Kier molecular flexibility index (Phi) is 5.50. The molecular formula is C14H19BrFNO2. The van der Waals surface area contributed by atoms with E-state index in [1.807, 2.05) is 27.7 Å². The van der Waals surface area contributed by atoms with Crippen molar-refractivity contribution in [3.05, 3.63) is 33.5 Å². The molecule has 0 fully saturated rings. The Morgan fingerprint density at radius 3 is 2.26 bits per heavy atom. The smallest absolute Gasteiger partial charge is 0.254 e. The van der Waals surface area contributed by atoms with Crippen LogP contribution in [0.25, 0.3) is 0 Å². The van der Waals surface area contributed by atoms with Crippen molar-refractivity contribution in [3.63, 3.8) is 0 Å². The molecule has 1 N–H and O–H groups in total. The van der Waals surface area contributed by atoms with E-state index < -0.39 is 12.4 Å². The van der Waals surface area contributed by atoms with Crippen LogP contribution >= 0.6 is 15.9 Å². The van der Waals surface area contributed by atoms with Crippen LogP contribution in [0.15, 0.2) is 16.6 Å². The summed E-state index contributed by atoms with van der Waals surface area (Å²) in [7, 11) is 0. The van der Waals surface area contributed by atoms with Gasteiger partial charge in [-0.2, -0.15) is 0 Å². The van der Waals surface area contributed by atoms with Gasteiger partial charge in [0.15, 0.2) is 0 Å². The molecule has 0 aliphatic carbocycles. The quantitative estimate of drug-likeness (QED) is 0.919. The van der Waals surface area contributed by atoms with E-state index in [1.54, 1.807) is 11.0 Å². The lowest BCUT2D eigenvalue weighted by atomic mass is 10.0. The minimum Gasteiger partial charge on any atom is -0.392 e. The van der Waals surface area contributed by atoms with Gasteiger partial charge in [0.1, 0.15) is 5.82 Å². The first kappa shape index (κ1) is 16.1. The van der Waals surface area contributed by atoms with Crippen LogP contribution in [0.5, 0.6) is 0 Å². The van der Waals surface area contributed by atoms with E-state index in [4.69, 9.17) is 0 Å². The number of hydrogen-bond donors (Lipinski definition) is 1. The van der Waals surface area contributed by atoms with Crippen molar-refractivity contribution in [1.82, 2.24) is 4.90 Å². The molecule has 0 spiro atoms. The van der Waals surface area contributed by atoms with Crippen molar-refractivity contribution in [2.24, 2.45) is 0 Å². The first-order valence-electron chi connectivity index (χ1n) is 6.21. The van der Waals surface area contributed by atoms with Gasteiger partial charge in [-0.05, 0) is 55.8 Å². The third kappa shape index (κ3) is 3.34. The maximum Gasteiger partial charge on any atom is 0.254 e. The number of benzene rings is 1. The zero-order valence-corrected chi connectivity index (χ0v) is 13.2. The monoisotopic (exact) mass is 331 g/mol. The lowest BCUT2D eigenvalue weighted by molar-refractivity contribution is 0.0639. The van der Waals surface area contributed by atoms with E-state index in [2.05, 4.69) is 15.9 Å². The molecule has 1 aromatic rings. The van der Waals surface area contributed by atoms with Crippen LogP contribution < -0.4 is 0 Å². The van der Waals surface area contributed by atoms with Crippen LogP contribution in [0.3, 0.4) is 0 Å². The van der Waals surface area contributed by atoms with Crippen molar-refractivity contribution in [2.45, 2.75) is 46.4 Å². The molecule has 19 heavy (non-hydrogen) atoms. The summed E-state index contributed by atoms with van der Waals surface area (Å²) < 4.78 is 14.2. The molecule has 0 aromatic heterocycles. The maximum atomic E-state index is 13.9. The number of carbonyl (C=O) groups is 1. The summed E-state index contributed by atoms with van der Waals surface area (Å²) in [5.74, 6) is -0.846. The number of aliphatic hydroxyl groups excluding tert-OH is 1. The average molecular weight is 332 g/mol. The van der Waals surface area contributed by atoms with E-state index in [-0.39, 0.29) is 33.6 Å². The highest BCUT2D eigenvalue weighted by molar-refractivity contribution is 9.10. The Morgan fingerprint density at radius 1 is 1.32 bits per heavy atom. The summed E-state index contributed by atoms with van der Waals surface area (Å²) in [6, 6.07) is 3.04. The molecule has 0 saturated carbocycles. The summed E-state index contributed by atoms with van der Waals surface area (Å²) in [6.45, 7) is 7.13. The predicted octanol–water partition coefficient (Wildman–Crippen LogP) is 3.34. The Hall–Kier alpha value is -0.940. The highest BCUT2D eigenvalue weighted by Crippen LogP contribution is 2.24. The second kappa shape index (κ2) is 6.48. The third-order valence-corrected chi connectivity index (χ3v) is 3.54. The Bertz CT molecular complexity index is 467. The van der Waals surface area contributed by atoms with E-state index in [0.717, 1.165) is 0 Å². The van der Waals surface area contributed by atoms with Crippen molar-refractivity contribution in [3.8, 4) is 0 Å². The van der Waals surface area contributed by atoms with E-state index in [0.29, 0.717) is 0 Å². The fourth-order valence-corrected chi connectivity index (χ4v) is 2.52. The van der Waals surface area contributed by atoms with Crippen LogP contribution in [0.1, 0.15) is 43.6 Å². The second-order valence-electron chi connectivity index (χ2n) is 4.95. The zero-order chi connectivity index (χ0) is 14.7. The molecule has 3 nitrogen and oxygen atoms in total. The normalized spacial score (nSPS) is 11.2. The average Bonchev–Trinajstić information content (AvgIpc) is 2.31. The molecule has 0 atom stereocenters. The maximum absolute atomic E-state index is 13.9. The molecule has 0 saturated heterocycles. The molecule has 1 rings (SSSR count). The van der Waals surface area contributed by atoms with Gasteiger partial charge in [-0.25, -0.2) is 4.39 Å². The molecule has 1 amide bonds. The van der Waals surface area contributed by atoms with Gasteiger partial charge in [-0.1, -0.05) is 0 Å². The van der Waals surface area contributed by atoms with Crippen LogP contribution in [0.2, 0.25) is 0 Å². The first-order chi connectivity index (χ1) is 8.81. The molecular weight excluding hydrogens is 313 g/mol.